The maximum Gasteiger partial charge on any atom is 0.417 e. The van der Waals surface area contributed by atoms with E-state index in [0.29, 0.717) is 34.7 Å². The van der Waals surface area contributed by atoms with Crippen molar-refractivity contribution in [2.45, 2.75) is 31.0 Å². The van der Waals surface area contributed by atoms with Gasteiger partial charge in [-0.25, -0.2) is 4.39 Å². The van der Waals surface area contributed by atoms with Gasteiger partial charge in [-0.15, -0.1) is 0 Å². The molecule has 0 bridgehead atoms. The lowest BCUT2D eigenvalue weighted by atomic mass is 10.1. The van der Waals surface area contributed by atoms with Gasteiger partial charge in [0, 0.05) is 29.0 Å². The number of amides is 1. The molecular formula is C29H25ClF4N4O3. The smallest absolute Gasteiger partial charge is 0.417 e. The fraction of sp³-hybridized carbons (Fsp3) is 0.241. The predicted octanol–water partition coefficient (Wildman–Crippen LogP) is 6.85. The van der Waals surface area contributed by atoms with Crippen LogP contribution in [0.25, 0.3) is 10.9 Å². The fourth-order valence-corrected chi connectivity index (χ4v) is 4.42. The van der Waals surface area contributed by atoms with Crippen molar-refractivity contribution in [3.63, 3.8) is 0 Å². The highest BCUT2D eigenvalue weighted by Gasteiger charge is 2.39. The second-order valence-corrected chi connectivity index (χ2v) is 10.3. The van der Waals surface area contributed by atoms with Gasteiger partial charge in [-0.05, 0) is 60.9 Å². The van der Waals surface area contributed by atoms with Crippen molar-refractivity contribution in [3.05, 3.63) is 82.8 Å². The van der Waals surface area contributed by atoms with Crippen LogP contribution < -0.4 is 25.8 Å². The van der Waals surface area contributed by atoms with Crippen molar-refractivity contribution in [3.8, 4) is 11.5 Å². The molecule has 0 spiro atoms. The lowest BCUT2D eigenvalue weighted by Crippen LogP contribution is -2.29. The van der Waals surface area contributed by atoms with E-state index in [1.54, 1.807) is 24.4 Å². The maximum absolute atomic E-state index is 15.0. The predicted molar refractivity (Wildman–Crippen MR) is 148 cm³/mol. The zero-order valence-electron chi connectivity index (χ0n) is 21.7. The minimum atomic E-state index is -4.65. The summed E-state index contributed by atoms with van der Waals surface area (Å²) >= 11 is 5.63. The third-order valence-electron chi connectivity index (χ3n) is 6.66. The van der Waals surface area contributed by atoms with E-state index in [1.807, 2.05) is 0 Å². The summed E-state index contributed by atoms with van der Waals surface area (Å²) in [4.78, 5) is 16.8. The summed E-state index contributed by atoms with van der Waals surface area (Å²) in [5.74, 6) is -0.309. The number of ether oxygens (including phenoxy) is 2. The van der Waals surface area contributed by atoms with Gasteiger partial charge in [0.2, 0.25) is 5.91 Å². The third kappa shape index (κ3) is 6.63. The number of hydrogen-bond acceptors (Lipinski definition) is 6. The average molecular weight is 589 g/mol. The normalized spacial score (nSPS) is 14.0. The summed E-state index contributed by atoms with van der Waals surface area (Å²) in [6, 6.07) is 12.4. The number of carbonyl (C=O) groups is 1. The van der Waals surface area contributed by atoms with Gasteiger partial charge < -0.3 is 25.8 Å². The molecule has 1 fully saturated rings. The molecule has 4 N–H and O–H groups in total. The molecule has 5 rings (SSSR count). The van der Waals surface area contributed by atoms with Gasteiger partial charge in [0.15, 0.2) is 11.5 Å². The molecule has 0 radical (unpaired) electrons. The van der Waals surface area contributed by atoms with Crippen LogP contribution in [-0.4, -0.2) is 30.1 Å². The van der Waals surface area contributed by atoms with Gasteiger partial charge in [0.25, 0.3) is 0 Å². The SMILES string of the molecule is COc1cc2c(Nc3ccc(NC(=O)Cc4ccc(Cl)c(C(F)(F)F)c4)cc3F)ccnc2cc1OCC1(N)CC1. The van der Waals surface area contributed by atoms with E-state index in [9.17, 15) is 18.0 Å². The van der Waals surface area contributed by atoms with Crippen LogP contribution in [-0.2, 0) is 17.4 Å². The molecular weight excluding hydrogens is 564 g/mol. The average Bonchev–Trinajstić information content (AvgIpc) is 3.66. The number of alkyl halides is 3. The summed E-state index contributed by atoms with van der Waals surface area (Å²) in [6.07, 6.45) is -1.64. The zero-order chi connectivity index (χ0) is 29.4. The molecule has 0 aliphatic heterocycles. The van der Waals surface area contributed by atoms with Gasteiger partial charge in [0.05, 0.1) is 40.9 Å². The van der Waals surface area contributed by atoms with E-state index >= 15 is 4.39 Å². The lowest BCUT2D eigenvalue weighted by molar-refractivity contribution is -0.137. The number of benzene rings is 3. The number of nitrogens with two attached hydrogens (primary N) is 1. The Labute approximate surface area is 237 Å². The van der Waals surface area contributed by atoms with E-state index in [2.05, 4.69) is 15.6 Å². The molecule has 1 heterocycles. The molecule has 4 aromatic rings. The minimum Gasteiger partial charge on any atom is -0.493 e. The standard InChI is InChI=1S/C29H25ClF4N4O3/c1-40-25-13-18-22(6-9-36-24(18)14-26(25)41-15-28(35)7-8-28)38-23-5-3-17(12-21(23)31)37-27(39)11-16-2-4-20(30)19(10-16)29(32,33)34/h2-6,9-10,12-14H,7-8,11,15,35H2,1H3,(H,36,38)(H,37,39). The first-order valence-electron chi connectivity index (χ1n) is 12.5. The van der Waals surface area contributed by atoms with Crippen molar-refractivity contribution < 1.29 is 31.8 Å². The number of methoxy groups -OCH3 is 1. The quantitative estimate of drug-likeness (QED) is 0.185. The van der Waals surface area contributed by atoms with Crippen molar-refractivity contribution >= 4 is 45.5 Å². The van der Waals surface area contributed by atoms with E-state index in [0.717, 1.165) is 31.0 Å². The molecule has 1 aromatic heterocycles. The van der Waals surface area contributed by atoms with Gasteiger partial charge in [0.1, 0.15) is 12.4 Å². The number of halogens is 5. The number of rotatable bonds is 9. The van der Waals surface area contributed by atoms with Crippen molar-refractivity contribution in [2.24, 2.45) is 5.73 Å². The molecule has 3 aromatic carbocycles. The van der Waals surface area contributed by atoms with Crippen LogP contribution in [0, 0.1) is 5.82 Å². The summed E-state index contributed by atoms with van der Waals surface area (Å²) in [6.45, 7) is 0.356. The molecule has 41 heavy (non-hydrogen) atoms. The van der Waals surface area contributed by atoms with Crippen LogP contribution in [0.3, 0.4) is 0 Å². The van der Waals surface area contributed by atoms with Gasteiger partial charge in [-0.3, -0.25) is 9.78 Å². The number of pyridine rings is 1. The zero-order valence-corrected chi connectivity index (χ0v) is 22.5. The van der Waals surface area contributed by atoms with Gasteiger partial charge in [-0.2, -0.15) is 13.2 Å². The van der Waals surface area contributed by atoms with Crippen molar-refractivity contribution in [1.82, 2.24) is 4.98 Å². The summed E-state index contributed by atoms with van der Waals surface area (Å²) in [5.41, 5.74) is 6.30. The molecule has 0 unspecified atom stereocenters. The first-order valence-corrected chi connectivity index (χ1v) is 12.9. The fourth-order valence-electron chi connectivity index (χ4n) is 4.19. The molecule has 0 saturated heterocycles. The van der Waals surface area contributed by atoms with Crippen LogP contribution in [0.4, 0.5) is 34.6 Å². The van der Waals surface area contributed by atoms with Crippen LogP contribution >= 0.6 is 11.6 Å². The highest BCUT2D eigenvalue weighted by Crippen LogP contribution is 2.39. The van der Waals surface area contributed by atoms with Crippen molar-refractivity contribution in [2.75, 3.05) is 24.4 Å². The second-order valence-electron chi connectivity index (χ2n) is 9.89. The first kappa shape index (κ1) is 28.4. The van der Waals surface area contributed by atoms with Crippen LogP contribution in [0.1, 0.15) is 24.0 Å². The molecule has 12 heteroatoms. The van der Waals surface area contributed by atoms with Crippen LogP contribution in [0.2, 0.25) is 5.02 Å². The topological polar surface area (TPSA) is 98.5 Å². The Bertz CT molecular complexity index is 1630. The monoisotopic (exact) mass is 588 g/mol. The Balaban J connectivity index is 1.30. The summed E-state index contributed by atoms with van der Waals surface area (Å²) in [7, 11) is 1.52. The van der Waals surface area contributed by atoms with Crippen LogP contribution in [0.5, 0.6) is 11.5 Å². The van der Waals surface area contributed by atoms with E-state index in [-0.39, 0.29) is 28.9 Å². The number of carbonyl (C=O) groups excluding carboxylic acids is 1. The summed E-state index contributed by atoms with van der Waals surface area (Å²) < 4.78 is 65.8. The third-order valence-corrected chi connectivity index (χ3v) is 6.99. The van der Waals surface area contributed by atoms with Crippen molar-refractivity contribution in [1.29, 1.82) is 0 Å². The number of anilines is 3. The van der Waals surface area contributed by atoms with E-state index in [4.69, 9.17) is 26.8 Å². The van der Waals surface area contributed by atoms with Crippen LogP contribution in [0.15, 0.2) is 60.8 Å². The Morgan fingerprint density at radius 1 is 1.07 bits per heavy atom. The molecule has 1 saturated carbocycles. The number of aromatic nitrogens is 1. The molecule has 0 atom stereocenters. The Morgan fingerprint density at radius 3 is 2.54 bits per heavy atom. The van der Waals surface area contributed by atoms with Gasteiger partial charge in [-0.1, -0.05) is 17.7 Å². The largest absolute Gasteiger partial charge is 0.493 e. The maximum atomic E-state index is 15.0. The highest BCUT2D eigenvalue weighted by atomic mass is 35.5. The van der Waals surface area contributed by atoms with E-state index < -0.39 is 28.5 Å². The Kier molecular flexibility index (Phi) is 7.67. The molecule has 7 nitrogen and oxygen atoms in total. The molecule has 1 aliphatic carbocycles. The molecule has 214 valence electrons. The number of nitrogens with one attached hydrogen (secondary N) is 2. The summed E-state index contributed by atoms with van der Waals surface area (Å²) in [5, 5.41) is 5.73. The number of hydrogen-bond donors (Lipinski definition) is 3. The van der Waals surface area contributed by atoms with E-state index in [1.165, 1.54) is 25.3 Å². The van der Waals surface area contributed by atoms with Gasteiger partial charge >= 0.3 is 6.18 Å². The minimum absolute atomic E-state index is 0.113. The molecule has 1 aliphatic rings. The number of fused-ring (bicyclic) bond motifs is 1. The Morgan fingerprint density at radius 2 is 1.85 bits per heavy atom. The Hall–Kier alpha value is -4.09. The highest BCUT2D eigenvalue weighted by molar-refractivity contribution is 6.31. The lowest BCUT2D eigenvalue weighted by Gasteiger charge is -2.16. The second kappa shape index (κ2) is 11.1. The first-order chi connectivity index (χ1) is 19.4. The number of nitrogens with zero attached hydrogens (tertiary/aromatic N) is 1. The molecule has 1 amide bonds.